The van der Waals surface area contributed by atoms with Gasteiger partial charge in [-0.25, -0.2) is 9.59 Å². The van der Waals surface area contributed by atoms with Crippen molar-refractivity contribution in [2.24, 2.45) is 0 Å². The lowest BCUT2D eigenvalue weighted by Gasteiger charge is -2.27. The van der Waals surface area contributed by atoms with Crippen molar-refractivity contribution in [2.45, 2.75) is 24.9 Å². The highest BCUT2D eigenvalue weighted by Gasteiger charge is 2.73. The van der Waals surface area contributed by atoms with Crippen LogP contribution >= 0.6 is 0 Å². The van der Waals surface area contributed by atoms with Gasteiger partial charge in [0.25, 0.3) is 0 Å². The smallest absolute Gasteiger partial charge is 0.460 e. The molecule has 0 radical (unpaired) electrons. The molecule has 0 heterocycles. The number of halogens is 7. The summed E-state index contributed by atoms with van der Waals surface area (Å²) < 4.78 is 95.7. The molecule has 0 spiro atoms. The Morgan fingerprint density at radius 1 is 0.840 bits per heavy atom. The number of alkyl halides is 7. The lowest BCUT2D eigenvalue weighted by Crippen LogP contribution is -2.54. The number of carbonyl (C=O) groups excluding carboxylic acids is 2. The minimum atomic E-state index is -6.51. The summed E-state index contributed by atoms with van der Waals surface area (Å²) in [5, 5.41) is 0. The van der Waals surface area contributed by atoms with Crippen LogP contribution in [0.4, 0.5) is 30.7 Å². The minimum Gasteiger partial charge on any atom is -0.462 e. The van der Waals surface area contributed by atoms with Gasteiger partial charge in [0, 0.05) is 0 Å². The zero-order valence-corrected chi connectivity index (χ0v) is 12.5. The number of ether oxygens (including phenoxy) is 2. The summed E-state index contributed by atoms with van der Waals surface area (Å²) in [6.07, 6.45) is -6.51. The van der Waals surface area contributed by atoms with Gasteiger partial charge in [-0.1, -0.05) is 0 Å². The van der Waals surface area contributed by atoms with E-state index in [1.54, 1.807) is 6.92 Å². The van der Waals surface area contributed by atoms with Gasteiger partial charge in [-0.15, -0.1) is 0 Å². The molecule has 11 heteroatoms. The van der Waals surface area contributed by atoms with Crippen molar-refractivity contribution in [1.82, 2.24) is 0 Å². The van der Waals surface area contributed by atoms with E-state index in [1.165, 1.54) is 0 Å². The zero-order chi connectivity index (χ0) is 19.5. The molecule has 0 aromatic heterocycles. The first-order valence-electron chi connectivity index (χ1n) is 6.60. The fraction of sp³-hybridized carbons (Fsp3) is 0.429. The van der Waals surface area contributed by atoms with Crippen LogP contribution in [0, 0.1) is 0 Å². The number of benzene rings is 1. The van der Waals surface area contributed by atoms with E-state index in [-0.39, 0.29) is 12.2 Å². The Kier molecular flexibility index (Phi) is 6.03. The maximum atomic E-state index is 13.0. The van der Waals surface area contributed by atoms with Crippen LogP contribution in [0.5, 0.6) is 0 Å². The highest BCUT2D eigenvalue weighted by Crippen LogP contribution is 2.46. The first-order chi connectivity index (χ1) is 11.3. The van der Waals surface area contributed by atoms with Gasteiger partial charge < -0.3 is 9.47 Å². The molecule has 0 aliphatic carbocycles. The average molecular weight is 376 g/mol. The van der Waals surface area contributed by atoms with Gasteiger partial charge >= 0.3 is 30.0 Å². The van der Waals surface area contributed by atoms with Crippen LogP contribution in [0.1, 0.15) is 27.6 Å². The van der Waals surface area contributed by atoms with Crippen LogP contribution in [0.2, 0.25) is 0 Å². The van der Waals surface area contributed by atoms with Crippen LogP contribution in [0.3, 0.4) is 0 Å². The summed E-state index contributed by atoms with van der Waals surface area (Å²) >= 11 is 0. The van der Waals surface area contributed by atoms with Crippen molar-refractivity contribution in [3.8, 4) is 0 Å². The van der Waals surface area contributed by atoms with Gasteiger partial charge in [0.1, 0.15) is 0 Å². The molecular weight excluding hydrogens is 365 g/mol. The largest absolute Gasteiger partial charge is 0.462 e. The van der Waals surface area contributed by atoms with Crippen molar-refractivity contribution < 1.29 is 49.8 Å². The molecule has 0 unspecified atom stereocenters. The molecule has 1 rings (SSSR count). The SMILES string of the molecule is CCOC(=O)c1ccc(C(=O)OCC(F)(F)C(F)(F)C(F)(F)F)cc1. The van der Waals surface area contributed by atoms with Crippen molar-refractivity contribution in [3.63, 3.8) is 0 Å². The van der Waals surface area contributed by atoms with E-state index < -0.39 is 42.1 Å². The van der Waals surface area contributed by atoms with Crippen LogP contribution < -0.4 is 0 Å². The highest BCUT2D eigenvalue weighted by atomic mass is 19.4. The molecule has 0 N–H and O–H groups in total. The molecule has 0 aliphatic heterocycles. The molecule has 140 valence electrons. The molecule has 0 saturated heterocycles. The molecular formula is C14H11F7O4. The van der Waals surface area contributed by atoms with Gasteiger partial charge in [-0.3, -0.25) is 0 Å². The molecule has 0 amide bonds. The summed E-state index contributed by atoms with van der Waals surface area (Å²) in [6.45, 7) is -0.858. The zero-order valence-electron chi connectivity index (χ0n) is 12.5. The van der Waals surface area contributed by atoms with E-state index in [1.807, 2.05) is 0 Å². The highest BCUT2D eigenvalue weighted by molar-refractivity contribution is 5.93. The van der Waals surface area contributed by atoms with Crippen molar-refractivity contribution in [1.29, 1.82) is 0 Å². The van der Waals surface area contributed by atoms with Crippen LogP contribution in [-0.4, -0.2) is 43.2 Å². The molecule has 0 saturated carbocycles. The third-order valence-corrected chi connectivity index (χ3v) is 2.83. The maximum absolute atomic E-state index is 13.0. The Labute approximate surface area is 136 Å². The van der Waals surface area contributed by atoms with Crippen LogP contribution in [-0.2, 0) is 9.47 Å². The Balaban J connectivity index is 2.78. The lowest BCUT2D eigenvalue weighted by atomic mass is 10.1. The molecule has 1 aromatic carbocycles. The quantitative estimate of drug-likeness (QED) is 0.559. The van der Waals surface area contributed by atoms with Crippen molar-refractivity contribution in [3.05, 3.63) is 35.4 Å². The van der Waals surface area contributed by atoms with Gasteiger partial charge in [-0.05, 0) is 31.2 Å². The van der Waals surface area contributed by atoms with Crippen LogP contribution in [0.15, 0.2) is 24.3 Å². The lowest BCUT2D eigenvalue weighted by molar-refractivity contribution is -0.359. The molecule has 0 aliphatic rings. The van der Waals surface area contributed by atoms with Crippen molar-refractivity contribution >= 4 is 11.9 Å². The number of rotatable bonds is 6. The Hall–Kier alpha value is -2.33. The maximum Gasteiger partial charge on any atom is 0.460 e. The molecule has 25 heavy (non-hydrogen) atoms. The fourth-order valence-corrected chi connectivity index (χ4v) is 1.49. The van der Waals surface area contributed by atoms with Gasteiger partial charge in [0.2, 0.25) is 0 Å². The van der Waals surface area contributed by atoms with E-state index in [0.29, 0.717) is 0 Å². The van der Waals surface area contributed by atoms with Crippen molar-refractivity contribution in [2.75, 3.05) is 13.2 Å². The Morgan fingerprint density at radius 3 is 1.60 bits per heavy atom. The second-order valence-corrected chi connectivity index (χ2v) is 4.65. The molecule has 0 fully saturated rings. The first kappa shape index (κ1) is 20.7. The van der Waals surface area contributed by atoms with Crippen LogP contribution in [0.25, 0.3) is 0 Å². The number of esters is 2. The monoisotopic (exact) mass is 376 g/mol. The van der Waals surface area contributed by atoms with E-state index in [4.69, 9.17) is 0 Å². The van der Waals surface area contributed by atoms with E-state index >= 15 is 0 Å². The second kappa shape index (κ2) is 7.28. The van der Waals surface area contributed by atoms with E-state index in [2.05, 4.69) is 9.47 Å². The summed E-state index contributed by atoms with van der Waals surface area (Å²) in [4.78, 5) is 22.8. The Morgan fingerprint density at radius 2 is 1.24 bits per heavy atom. The van der Waals surface area contributed by atoms with Gasteiger partial charge in [0.05, 0.1) is 17.7 Å². The minimum absolute atomic E-state index is 0.00679. The predicted molar refractivity (Wildman–Crippen MR) is 68.6 cm³/mol. The normalized spacial score (nSPS) is 12.6. The molecule has 0 bridgehead atoms. The molecule has 4 nitrogen and oxygen atoms in total. The third kappa shape index (κ3) is 4.60. The molecule has 1 aromatic rings. The van der Waals surface area contributed by atoms with Gasteiger partial charge in [-0.2, -0.15) is 30.7 Å². The van der Waals surface area contributed by atoms with E-state index in [9.17, 15) is 40.3 Å². The number of carbonyl (C=O) groups is 2. The predicted octanol–water partition coefficient (Wildman–Crippen LogP) is 3.85. The summed E-state index contributed by atoms with van der Waals surface area (Å²) in [6, 6.07) is 4.01. The Bertz CT molecular complexity index is 623. The standard InChI is InChI=1S/C14H11F7O4/c1-2-24-10(22)8-3-5-9(6-4-8)11(23)25-7-12(15,16)13(17,18)14(19,20)21/h3-6H,2,7H2,1H3. The summed E-state index contributed by atoms with van der Waals surface area (Å²) in [5.74, 6) is -14.3. The molecule has 0 atom stereocenters. The fourth-order valence-electron chi connectivity index (χ4n) is 1.49. The topological polar surface area (TPSA) is 52.6 Å². The second-order valence-electron chi connectivity index (χ2n) is 4.65. The number of hydrogen-bond donors (Lipinski definition) is 0. The first-order valence-corrected chi connectivity index (χ1v) is 6.60. The van der Waals surface area contributed by atoms with E-state index in [0.717, 1.165) is 24.3 Å². The number of hydrogen-bond acceptors (Lipinski definition) is 4. The average Bonchev–Trinajstić information content (AvgIpc) is 2.51. The summed E-state index contributed by atoms with van der Waals surface area (Å²) in [7, 11) is 0. The third-order valence-electron chi connectivity index (χ3n) is 2.83. The van der Waals surface area contributed by atoms with Gasteiger partial charge in [0.15, 0.2) is 6.61 Å². The summed E-state index contributed by atoms with van der Waals surface area (Å²) in [5.41, 5.74) is -0.425.